The van der Waals surface area contributed by atoms with Crippen LogP contribution in [0.1, 0.15) is 119 Å². The molecule has 1 saturated heterocycles. The fourth-order valence-corrected chi connectivity index (χ4v) is 15.7. The molecule has 0 aromatic carbocycles. The Morgan fingerprint density at radius 2 is 1.70 bits per heavy atom. The summed E-state index contributed by atoms with van der Waals surface area (Å²) in [6.45, 7) is 25.7. The number of ether oxygens (including phenoxy) is 1. The quantitative estimate of drug-likeness (QED) is 0.203. The molecule has 7 aliphatic rings. The minimum atomic E-state index is -2.85. The SMILES string of the molecule is C=C(C)[C@@H]1CC[C@]2(NCCN3CCS(=O)(=O)CC3)CC[C@]3(C)[C@H](CC[C@@H]4C5(C)CC=C(C6=CCC(C(=O)OCC)C6)C(C)(C)[C@@H]5CC[C@]43C)[C@@H]12. The van der Waals surface area contributed by atoms with Crippen LogP contribution in [0, 0.1) is 57.2 Å². The van der Waals surface area contributed by atoms with Crippen molar-refractivity contribution in [3.8, 4) is 0 Å². The molecule has 7 rings (SSSR count). The number of hydrogen-bond acceptors (Lipinski definition) is 6. The first-order valence-corrected chi connectivity index (χ1v) is 22.2. The van der Waals surface area contributed by atoms with E-state index in [0.29, 0.717) is 71.6 Å². The number of hydrogen-bond donors (Lipinski definition) is 1. The van der Waals surface area contributed by atoms with Gasteiger partial charge in [0.2, 0.25) is 0 Å². The van der Waals surface area contributed by atoms with Crippen LogP contribution in [-0.2, 0) is 19.4 Å². The summed E-state index contributed by atoms with van der Waals surface area (Å²) < 4.78 is 29.5. The topological polar surface area (TPSA) is 75.7 Å². The van der Waals surface area contributed by atoms with Gasteiger partial charge in [-0.05, 0) is 147 Å². The van der Waals surface area contributed by atoms with E-state index in [1.54, 1.807) is 0 Å². The number of sulfone groups is 1. The molecule has 6 nitrogen and oxygen atoms in total. The Hall–Kier alpha value is -1.44. The van der Waals surface area contributed by atoms with Crippen molar-refractivity contribution in [3.05, 3.63) is 35.5 Å². The van der Waals surface area contributed by atoms with Crippen LogP contribution in [-0.4, -0.2) is 69.1 Å². The summed E-state index contributed by atoms with van der Waals surface area (Å²) in [6, 6.07) is 0. The number of carbonyl (C=O) groups is 1. The van der Waals surface area contributed by atoms with Gasteiger partial charge in [-0.3, -0.25) is 4.79 Å². The molecule has 0 radical (unpaired) electrons. The second-order valence-electron chi connectivity index (χ2n) is 19.4. The number of carbonyl (C=O) groups excluding carboxylic acids is 1. The van der Waals surface area contributed by atoms with E-state index in [4.69, 9.17) is 4.74 Å². The van der Waals surface area contributed by atoms with Crippen molar-refractivity contribution in [2.45, 2.75) is 125 Å². The maximum absolute atomic E-state index is 12.6. The molecule has 7 heteroatoms. The Labute approximate surface area is 304 Å². The standard InChI is InChI=1S/C43H68N2O4S/c1-9-49-38(46)31-11-10-30(28-31)33-15-17-40(6)35(39(33,4)5)16-18-42(8)36(40)13-12-34-37-32(29(2)3)14-19-43(37,21-20-41(34,42)7)44-22-23-45-24-26-50(47,48)27-25-45/h10,15,31-32,34-37,44H,2,9,11-14,16-28H2,1,3-8H3/t31?,32-,34+,35-,36+,37+,40?,41+,42+,43-/m0/s1. The highest BCUT2D eigenvalue weighted by Crippen LogP contribution is 2.76. The van der Waals surface area contributed by atoms with E-state index in [1.165, 1.54) is 68.1 Å². The molecule has 1 heterocycles. The van der Waals surface area contributed by atoms with Crippen molar-refractivity contribution in [2.24, 2.45) is 57.2 Å². The summed E-state index contributed by atoms with van der Waals surface area (Å²) in [5, 5.41) is 4.22. The Morgan fingerprint density at radius 3 is 2.40 bits per heavy atom. The van der Waals surface area contributed by atoms with Crippen LogP contribution in [0.5, 0.6) is 0 Å². The third-order valence-corrected chi connectivity index (χ3v) is 18.7. The van der Waals surface area contributed by atoms with E-state index in [0.717, 1.165) is 32.4 Å². The zero-order chi connectivity index (χ0) is 35.9. The summed E-state index contributed by atoms with van der Waals surface area (Å²) in [6.07, 6.45) is 18.1. The predicted molar refractivity (Wildman–Crippen MR) is 203 cm³/mol. The zero-order valence-electron chi connectivity index (χ0n) is 32.5. The summed E-state index contributed by atoms with van der Waals surface area (Å²) in [5.41, 5.74) is 5.43. The Morgan fingerprint density at radius 1 is 0.960 bits per heavy atom. The fourth-order valence-electron chi connectivity index (χ4n) is 14.4. The molecule has 10 atom stereocenters. The van der Waals surface area contributed by atoms with Crippen LogP contribution >= 0.6 is 0 Å². The highest BCUT2D eigenvalue weighted by Gasteiger charge is 2.70. The third-order valence-electron chi connectivity index (χ3n) is 17.1. The van der Waals surface area contributed by atoms with E-state index < -0.39 is 9.84 Å². The molecule has 0 aromatic rings. The van der Waals surface area contributed by atoms with Gasteiger partial charge < -0.3 is 15.0 Å². The normalized spacial score (nSPS) is 44.9. The van der Waals surface area contributed by atoms with E-state index >= 15 is 0 Å². The maximum Gasteiger partial charge on any atom is 0.309 e. The molecule has 2 unspecified atom stereocenters. The van der Waals surface area contributed by atoms with Crippen LogP contribution in [0.3, 0.4) is 0 Å². The van der Waals surface area contributed by atoms with Crippen molar-refractivity contribution in [2.75, 3.05) is 44.3 Å². The zero-order valence-corrected chi connectivity index (χ0v) is 33.4. The predicted octanol–water partition coefficient (Wildman–Crippen LogP) is 8.15. The molecule has 6 aliphatic carbocycles. The molecular weight excluding hydrogens is 641 g/mol. The monoisotopic (exact) mass is 708 g/mol. The lowest BCUT2D eigenvalue weighted by Gasteiger charge is -2.72. The van der Waals surface area contributed by atoms with Gasteiger partial charge in [-0.2, -0.15) is 0 Å². The lowest BCUT2D eigenvalue weighted by atomic mass is 9.33. The summed E-state index contributed by atoms with van der Waals surface area (Å²) in [7, 11) is -2.85. The number of esters is 1. The second-order valence-corrected chi connectivity index (χ2v) is 21.7. The Bertz CT molecular complexity index is 1530. The smallest absolute Gasteiger partial charge is 0.309 e. The molecular formula is C43H68N2O4S. The van der Waals surface area contributed by atoms with Crippen molar-refractivity contribution in [1.82, 2.24) is 10.2 Å². The lowest BCUT2D eigenvalue weighted by molar-refractivity contribution is -0.221. The van der Waals surface area contributed by atoms with Crippen LogP contribution in [0.4, 0.5) is 0 Å². The molecule has 280 valence electrons. The minimum Gasteiger partial charge on any atom is -0.466 e. The number of nitrogens with zero attached hydrogens (tertiary/aromatic N) is 1. The lowest BCUT2D eigenvalue weighted by Crippen LogP contribution is -2.68. The van der Waals surface area contributed by atoms with Gasteiger partial charge in [-0.15, -0.1) is 0 Å². The first kappa shape index (κ1) is 36.9. The first-order chi connectivity index (χ1) is 23.5. The molecule has 0 aromatic heterocycles. The summed E-state index contributed by atoms with van der Waals surface area (Å²) in [4.78, 5) is 15.0. The number of nitrogens with one attached hydrogen (secondary N) is 1. The molecule has 1 N–H and O–H groups in total. The Balaban J connectivity index is 1.12. The van der Waals surface area contributed by atoms with E-state index in [-0.39, 0.29) is 28.3 Å². The van der Waals surface area contributed by atoms with Gasteiger partial charge in [0.15, 0.2) is 9.84 Å². The van der Waals surface area contributed by atoms with Crippen LogP contribution in [0.15, 0.2) is 35.5 Å². The van der Waals surface area contributed by atoms with Gasteiger partial charge >= 0.3 is 5.97 Å². The van der Waals surface area contributed by atoms with Crippen LogP contribution < -0.4 is 5.32 Å². The molecule has 0 bridgehead atoms. The molecule has 5 fully saturated rings. The summed E-state index contributed by atoms with van der Waals surface area (Å²) in [5.74, 6) is 3.81. The van der Waals surface area contributed by atoms with Gasteiger partial charge in [-0.25, -0.2) is 8.42 Å². The number of allylic oxidation sites excluding steroid dienone is 5. The average Bonchev–Trinajstić information content (AvgIpc) is 3.68. The van der Waals surface area contributed by atoms with Gasteiger partial charge in [0.1, 0.15) is 0 Å². The average molecular weight is 709 g/mol. The fraction of sp³-hybridized carbons (Fsp3) is 0.837. The number of rotatable bonds is 8. The highest BCUT2D eigenvalue weighted by molar-refractivity contribution is 7.91. The number of fused-ring (bicyclic) bond motifs is 7. The second kappa shape index (κ2) is 12.9. The van der Waals surface area contributed by atoms with Gasteiger partial charge in [-0.1, -0.05) is 58.9 Å². The van der Waals surface area contributed by atoms with Crippen LogP contribution in [0.25, 0.3) is 0 Å². The van der Waals surface area contributed by atoms with Crippen molar-refractivity contribution in [3.63, 3.8) is 0 Å². The maximum atomic E-state index is 12.6. The molecule has 1 aliphatic heterocycles. The molecule has 0 amide bonds. The van der Waals surface area contributed by atoms with Crippen molar-refractivity contribution < 1.29 is 17.9 Å². The van der Waals surface area contributed by atoms with Gasteiger partial charge in [0.05, 0.1) is 24.0 Å². The van der Waals surface area contributed by atoms with Gasteiger partial charge in [0, 0.05) is 31.7 Å². The van der Waals surface area contributed by atoms with Crippen molar-refractivity contribution in [1.29, 1.82) is 0 Å². The van der Waals surface area contributed by atoms with E-state index in [1.807, 2.05) is 6.92 Å². The van der Waals surface area contributed by atoms with E-state index in [9.17, 15) is 13.2 Å². The third kappa shape index (κ3) is 5.67. The Kier molecular flexibility index (Phi) is 9.49. The minimum absolute atomic E-state index is 0.0186. The molecule has 50 heavy (non-hydrogen) atoms. The van der Waals surface area contributed by atoms with Gasteiger partial charge in [0.25, 0.3) is 0 Å². The summed E-state index contributed by atoms with van der Waals surface area (Å²) >= 11 is 0. The van der Waals surface area contributed by atoms with E-state index in [2.05, 4.69) is 70.5 Å². The molecule has 4 saturated carbocycles. The largest absolute Gasteiger partial charge is 0.466 e. The van der Waals surface area contributed by atoms with Crippen molar-refractivity contribution >= 4 is 15.8 Å². The molecule has 0 spiro atoms. The van der Waals surface area contributed by atoms with Crippen LogP contribution in [0.2, 0.25) is 0 Å². The first-order valence-electron chi connectivity index (χ1n) is 20.4. The highest BCUT2D eigenvalue weighted by atomic mass is 32.2.